The van der Waals surface area contributed by atoms with Crippen molar-refractivity contribution >= 4 is 11.0 Å². The van der Waals surface area contributed by atoms with E-state index in [0.29, 0.717) is 12.2 Å². The van der Waals surface area contributed by atoms with Crippen molar-refractivity contribution in [3.63, 3.8) is 0 Å². The molecule has 4 nitrogen and oxygen atoms in total. The molecule has 0 fully saturated rings. The third kappa shape index (κ3) is 1.69. The van der Waals surface area contributed by atoms with Crippen LogP contribution in [0.3, 0.4) is 0 Å². The van der Waals surface area contributed by atoms with Gasteiger partial charge in [0.25, 0.3) is 5.56 Å². The third-order valence-electron chi connectivity index (χ3n) is 2.37. The van der Waals surface area contributed by atoms with Crippen molar-refractivity contribution in [3.8, 4) is 0 Å². The molecular formula is C12H13N3O. The van der Waals surface area contributed by atoms with Gasteiger partial charge in [0.05, 0.1) is 6.54 Å². The number of nitrogens with zero attached hydrogens (tertiary/aromatic N) is 3. The lowest BCUT2D eigenvalue weighted by Crippen LogP contribution is -2.39. The van der Waals surface area contributed by atoms with Crippen LogP contribution in [0.1, 0.15) is 0 Å². The Labute approximate surface area is 93.4 Å². The molecule has 4 heteroatoms. The summed E-state index contributed by atoms with van der Waals surface area (Å²) < 4.78 is 1.55. The summed E-state index contributed by atoms with van der Waals surface area (Å²) in [5, 5.41) is 2.73. The van der Waals surface area contributed by atoms with Crippen LogP contribution in [-0.4, -0.2) is 23.3 Å². The number of pyridine rings is 2. The van der Waals surface area contributed by atoms with Gasteiger partial charge in [-0.1, -0.05) is 6.08 Å². The standard InChI is InChI=1S/C12H13N3O/c1-3-9-14(2)15-11(16)7-6-10-5-4-8-13-12(10)15/h3-8H,1,9H2,2H3. The van der Waals surface area contributed by atoms with Crippen molar-refractivity contribution < 1.29 is 0 Å². The van der Waals surface area contributed by atoms with E-state index in [1.807, 2.05) is 19.2 Å². The van der Waals surface area contributed by atoms with Gasteiger partial charge in [0, 0.05) is 24.7 Å². The van der Waals surface area contributed by atoms with Gasteiger partial charge >= 0.3 is 0 Å². The van der Waals surface area contributed by atoms with E-state index in [2.05, 4.69) is 11.6 Å². The van der Waals surface area contributed by atoms with Crippen molar-refractivity contribution in [2.24, 2.45) is 0 Å². The van der Waals surface area contributed by atoms with E-state index in [4.69, 9.17) is 0 Å². The molecule has 2 rings (SSSR count). The largest absolute Gasteiger partial charge is 0.307 e. The molecule has 2 aromatic heterocycles. The van der Waals surface area contributed by atoms with Gasteiger partial charge in [-0.25, -0.2) is 9.66 Å². The summed E-state index contributed by atoms with van der Waals surface area (Å²) in [6, 6.07) is 7.11. The average Bonchev–Trinajstić information content (AvgIpc) is 2.29. The number of aromatic nitrogens is 2. The first-order valence-electron chi connectivity index (χ1n) is 5.03. The summed E-state index contributed by atoms with van der Waals surface area (Å²) in [6.45, 7) is 4.25. The molecule has 0 aliphatic heterocycles. The van der Waals surface area contributed by atoms with E-state index in [1.54, 1.807) is 34.1 Å². The van der Waals surface area contributed by atoms with Gasteiger partial charge in [-0.05, 0) is 18.2 Å². The fourth-order valence-corrected chi connectivity index (χ4v) is 1.65. The first kappa shape index (κ1) is 10.4. The van der Waals surface area contributed by atoms with E-state index in [0.717, 1.165) is 5.39 Å². The molecule has 0 unspecified atom stereocenters. The average molecular weight is 215 g/mol. The second-order valence-corrected chi connectivity index (χ2v) is 3.53. The molecule has 2 aromatic rings. The van der Waals surface area contributed by atoms with Gasteiger partial charge in [0.1, 0.15) is 0 Å². The van der Waals surface area contributed by atoms with Gasteiger partial charge < -0.3 is 5.01 Å². The number of likely N-dealkylation sites (N-methyl/N-ethyl adjacent to an activating group) is 1. The van der Waals surface area contributed by atoms with Crippen LogP contribution in [0, 0.1) is 0 Å². The lowest BCUT2D eigenvalue weighted by molar-refractivity contribution is 0.686. The maximum absolute atomic E-state index is 11.8. The Morgan fingerprint density at radius 1 is 1.50 bits per heavy atom. The van der Waals surface area contributed by atoms with Crippen LogP contribution in [0.4, 0.5) is 0 Å². The Bertz CT molecular complexity index is 574. The Morgan fingerprint density at radius 2 is 2.31 bits per heavy atom. The SMILES string of the molecule is C=CCN(C)n1c(=O)ccc2cccnc21. The zero-order chi connectivity index (χ0) is 11.5. The number of hydrogen-bond donors (Lipinski definition) is 0. The zero-order valence-corrected chi connectivity index (χ0v) is 9.13. The molecule has 0 aliphatic carbocycles. The molecule has 16 heavy (non-hydrogen) atoms. The molecule has 0 spiro atoms. The second kappa shape index (κ2) is 4.18. The molecule has 0 bridgehead atoms. The van der Waals surface area contributed by atoms with Gasteiger partial charge in [-0.15, -0.1) is 6.58 Å². The summed E-state index contributed by atoms with van der Waals surface area (Å²) in [5.41, 5.74) is 0.579. The minimum atomic E-state index is -0.0875. The van der Waals surface area contributed by atoms with Crippen molar-refractivity contribution in [2.75, 3.05) is 18.6 Å². The Morgan fingerprint density at radius 3 is 3.06 bits per heavy atom. The molecule has 0 amide bonds. The highest BCUT2D eigenvalue weighted by atomic mass is 16.1. The minimum absolute atomic E-state index is 0.0875. The maximum Gasteiger partial charge on any atom is 0.270 e. The normalized spacial score (nSPS) is 10.3. The molecule has 0 atom stereocenters. The molecule has 2 heterocycles. The predicted octanol–water partition coefficient (Wildman–Crippen LogP) is 1.15. The quantitative estimate of drug-likeness (QED) is 0.721. The smallest absolute Gasteiger partial charge is 0.270 e. The Kier molecular flexibility index (Phi) is 2.72. The van der Waals surface area contributed by atoms with E-state index in [-0.39, 0.29) is 5.56 Å². The van der Waals surface area contributed by atoms with Gasteiger partial charge in [0.2, 0.25) is 0 Å². The summed E-state index contributed by atoms with van der Waals surface area (Å²) in [5.74, 6) is 0. The van der Waals surface area contributed by atoms with Gasteiger partial charge in [-0.3, -0.25) is 4.79 Å². The predicted molar refractivity (Wildman–Crippen MR) is 65.2 cm³/mol. The summed E-state index contributed by atoms with van der Waals surface area (Å²) in [7, 11) is 1.83. The minimum Gasteiger partial charge on any atom is -0.307 e. The lowest BCUT2D eigenvalue weighted by atomic mass is 10.3. The lowest BCUT2D eigenvalue weighted by Gasteiger charge is -2.20. The fourth-order valence-electron chi connectivity index (χ4n) is 1.65. The molecule has 0 aromatic carbocycles. The van der Waals surface area contributed by atoms with Crippen molar-refractivity contribution in [2.45, 2.75) is 0 Å². The van der Waals surface area contributed by atoms with Crippen LogP contribution in [0.25, 0.3) is 11.0 Å². The third-order valence-corrected chi connectivity index (χ3v) is 2.37. The van der Waals surface area contributed by atoms with E-state index in [1.165, 1.54) is 0 Å². The van der Waals surface area contributed by atoms with Crippen molar-refractivity contribution in [1.82, 2.24) is 9.66 Å². The summed E-state index contributed by atoms with van der Waals surface area (Å²) in [6.07, 6.45) is 3.42. The summed E-state index contributed by atoms with van der Waals surface area (Å²) >= 11 is 0. The van der Waals surface area contributed by atoms with Crippen LogP contribution in [0.2, 0.25) is 0 Å². The van der Waals surface area contributed by atoms with Crippen LogP contribution in [0.15, 0.2) is 47.9 Å². The van der Waals surface area contributed by atoms with E-state index < -0.39 is 0 Å². The van der Waals surface area contributed by atoms with Gasteiger partial charge in [0.15, 0.2) is 5.65 Å². The molecule has 82 valence electrons. The van der Waals surface area contributed by atoms with Crippen LogP contribution in [0.5, 0.6) is 0 Å². The molecule has 0 saturated heterocycles. The van der Waals surface area contributed by atoms with Crippen LogP contribution in [-0.2, 0) is 0 Å². The molecule has 0 radical (unpaired) electrons. The van der Waals surface area contributed by atoms with Gasteiger partial charge in [-0.2, -0.15) is 0 Å². The van der Waals surface area contributed by atoms with Crippen LogP contribution < -0.4 is 10.6 Å². The molecule has 0 saturated carbocycles. The molecule has 0 aliphatic rings. The highest BCUT2D eigenvalue weighted by Gasteiger charge is 2.06. The van der Waals surface area contributed by atoms with E-state index in [9.17, 15) is 4.79 Å². The first-order valence-corrected chi connectivity index (χ1v) is 5.03. The Hall–Kier alpha value is -2.10. The highest BCUT2D eigenvalue weighted by molar-refractivity contribution is 5.74. The Balaban J connectivity index is 2.70. The monoisotopic (exact) mass is 215 g/mol. The topological polar surface area (TPSA) is 38.1 Å². The highest BCUT2D eigenvalue weighted by Crippen LogP contribution is 2.07. The second-order valence-electron chi connectivity index (χ2n) is 3.53. The fraction of sp³-hybridized carbons (Fsp3) is 0.167. The first-order chi connectivity index (χ1) is 7.74. The zero-order valence-electron chi connectivity index (χ0n) is 9.13. The van der Waals surface area contributed by atoms with E-state index >= 15 is 0 Å². The molecule has 0 N–H and O–H groups in total. The number of rotatable bonds is 3. The number of fused-ring (bicyclic) bond motifs is 1. The van der Waals surface area contributed by atoms with Crippen LogP contribution >= 0.6 is 0 Å². The molecular weight excluding hydrogens is 202 g/mol. The number of hydrogen-bond acceptors (Lipinski definition) is 3. The van der Waals surface area contributed by atoms with Crippen molar-refractivity contribution in [3.05, 3.63) is 53.5 Å². The maximum atomic E-state index is 11.8. The van der Waals surface area contributed by atoms with Crippen molar-refractivity contribution in [1.29, 1.82) is 0 Å². The summed E-state index contributed by atoms with van der Waals surface area (Å²) in [4.78, 5) is 16.0.